The van der Waals surface area contributed by atoms with Gasteiger partial charge >= 0.3 is 0 Å². The zero-order valence-electron chi connectivity index (χ0n) is 10.9. The van der Waals surface area contributed by atoms with Gasteiger partial charge in [0.25, 0.3) is 0 Å². The van der Waals surface area contributed by atoms with Gasteiger partial charge < -0.3 is 4.74 Å². The zero-order valence-corrected chi connectivity index (χ0v) is 10.9. The number of ether oxygens (including phenoxy) is 1. The summed E-state index contributed by atoms with van der Waals surface area (Å²) < 4.78 is 17.9. The van der Waals surface area contributed by atoms with Gasteiger partial charge in [0.15, 0.2) is 5.78 Å². The molecule has 2 aromatic rings. The van der Waals surface area contributed by atoms with Crippen molar-refractivity contribution < 1.29 is 13.9 Å². The molecule has 3 heteroatoms. The van der Waals surface area contributed by atoms with Crippen molar-refractivity contribution in [1.29, 1.82) is 0 Å². The Hall–Kier alpha value is -2.16. The van der Waals surface area contributed by atoms with Crippen LogP contribution in [0.15, 0.2) is 48.5 Å². The van der Waals surface area contributed by atoms with E-state index in [1.54, 1.807) is 43.5 Å². The van der Waals surface area contributed by atoms with Crippen LogP contribution in [0.5, 0.6) is 5.75 Å². The lowest BCUT2D eigenvalue weighted by Gasteiger charge is -2.11. The molecule has 2 nitrogen and oxygen atoms in total. The molecule has 19 heavy (non-hydrogen) atoms. The van der Waals surface area contributed by atoms with Crippen LogP contribution >= 0.6 is 0 Å². The Labute approximate surface area is 111 Å². The van der Waals surface area contributed by atoms with Crippen LogP contribution in [0.1, 0.15) is 28.8 Å². The Morgan fingerprint density at radius 1 is 1.05 bits per heavy atom. The van der Waals surface area contributed by atoms with Gasteiger partial charge in [-0.2, -0.15) is 0 Å². The van der Waals surface area contributed by atoms with E-state index in [4.69, 9.17) is 4.74 Å². The van der Waals surface area contributed by atoms with Crippen molar-refractivity contribution in [1.82, 2.24) is 0 Å². The number of carbonyl (C=O) groups excluding carboxylic acids is 1. The van der Waals surface area contributed by atoms with E-state index in [-0.39, 0.29) is 17.5 Å². The van der Waals surface area contributed by atoms with E-state index in [1.807, 2.05) is 6.92 Å². The molecule has 0 fully saturated rings. The van der Waals surface area contributed by atoms with Gasteiger partial charge in [-0.15, -0.1) is 0 Å². The summed E-state index contributed by atoms with van der Waals surface area (Å²) in [5.74, 6) is 0.127. The summed E-state index contributed by atoms with van der Waals surface area (Å²) in [6.45, 7) is 1.82. The van der Waals surface area contributed by atoms with E-state index in [9.17, 15) is 9.18 Å². The fourth-order valence-corrected chi connectivity index (χ4v) is 1.91. The number of methoxy groups -OCH3 is 1. The van der Waals surface area contributed by atoms with Gasteiger partial charge in [-0.05, 0) is 42.0 Å². The second-order valence-electron chi connectivity index (χ2n) is 4.37. The molecule has 2 rings (SSSR count). The second-order valence-corrected chi connectivity index (χ2v) is 4.37. The van der Waals surface area contributed by atoms with E-state index in [1.165, 1.54) is 12.1 Å². The molecule has 0 spiro atoms. The zero-order chi connectivity index (χ0) is 13.8. The van der Waals surface area contributed by atoms with Crippen LogP contribution in [-0.4, -0.2) is 12.9 Å². The van der Waals surface area contributed by atoms with E-state index in [2.05, 4.69) is 0 Å². The van der Waals surface area contributed by atoms with Gasteiger partial charge in [0.1, 0.15) is 11.6 Å². The van der Waals surface area contributed by atoms with Crippen molar-refractivity contribution in [3.63, 3.8) is 0 Å². The van der Waals surface area contributed by atoms with E-state index >= 15 is 0 Å². The third-order valence-corrected chi connectivity index (χ3v) is 3.14. The van der Waals surface area contributed by atoms with Crippen molar-refractivity contribution in [3.8, 4) is 5.75 Å². The van der Waals surface area contributed by atoms with E-state index in [0.717, 1.165) is 5.56 Å². The Balaban J connectivity index is 2.20. The summed E-state index contributed by atoms with van der Waals surface area (Å²) in [6, 6.07) is 13.0. The molecule has 2 aromatic carbocycles. The van der Waals surface area contributed by atoms with Gasteiger partial charge in [0.2, 0.25) is 0 Å². The number of Topliss-reactive ketones (excluding diaryl/α,β-unsaturated/α-hetero) is 1. The molecule has 1 unspecified atom stereocenters. The molecule has 0 aliphatic heterocycles. The van der Waals surface area contributed by atoms with E-state index < -0.39 is 0 Å². The minimum atomic E-state index is -0.298. The van der Waals surface area contributed by atoms with Crippen molar-refractivity contribution in [2.24, 2.45) is 0 Å². The predicted molar refractivity (Wildman–Crippen MR) is 72.1 cm³/mol. The quantitative estimate of drug-likeness (QED) is 0.779. The highest BCUT2D eigenvalue weighted by Gasteiger charge is 2.17. The lowest BCUT2D eigenvalue weighted by Crippen LogP contribution is -2.09. The smallest absolute Gasteiger partial charge is 0.170 e. The van der Waals surface area contributed by atoms with Crippen molar-refractivity contribution in [2.75, 3.05) is 7.11 Å². The van der Waals surface area contributed by atoms with Crippen LogP contribution < -0.4 is 4.74 Å². The Morgan fingerprint density at radius 3 is 2.16 bits per heavy atom. The van der Waals surface area contributed by atoms with Crippen molar-refractivity contribution >= 4 is 5.78 Å². The van der Waals surface area contributed by atoms with Crippen LogP contribution in [0.2, 0.25) is 0 Å². The maximum Gasteiger partial charge on any atom is 0.170 e. The molecule has 0 heterocycles. The first kappa shape index (κ1) is 13.3. The third kappa shape index (κ3) is 2.99. The molecule has 0 aromatic heterocycles. The van der Waals surface area contributed by atoms with Gasteiger partial charge in [0.05, 0.1) is 7.11 Å². The fourth-order valence-electron chi connectivity index (χ4n) is 1.91. The van der Waals surface area contributed by atoms with E-state index in [0.29, 0.717) is 11.3 Å². The molecule has 0 amide bonds. The van der Waals surface area contributed by atoms with Crippen molar-refractivity contribution in [2.45, 2.75) is 12.8 Å². The first-order valence-corrected chi connectivity index (χ1v) is 6.05. The SMILES string of the molecule is COc1ccc(C(=O)C(C)c2ccc(F)cc2)cc1. The second kappa shape index (κ2) is 5.65. The lowest BCUT2D eigenvalue weighted by molar-refractivity contribution is 0.0966. The molecular weight excluding hydrogens is 243 g/mol. The highest BCUT2D eigenvalue weighted by atomic mass is 19.1. The summed E-state index contributed by atoms with van der Waals surface area (Å²) in [5, 5.41) is 0. The first-order valence-electron chi connectivity index (χ1n) is 6.05. The topological polar surface area (TPSA) is 26.3 Å². The van der Waals surface area contributed by atoms with Crippen LogP contribution in [0.4, 0.5) is 4.39 Å². The number of carbonyl (C=O) groups is 1. The highest BCUT2D eigenvalue weighted by Crippen LogP contribution is 2.22. The number of hydrogen-bond donors (Lipinski definition) is 0. The molecule has 98 valence electrons. The summed E-state index contributed by atoms with van der Waals surface area (Å²) >= 11 is 0. The molecule has 0 N–H and O–H groups in total. The Morgan fingerprint density at radius 2 is 1.63 bits per heavy atom. The lowest BCUT2D eigenvalue weighted by atomic mass is 9.92. The van der Waals surface area contributed by atoms with Gasteiger partial charge in [-0.25, -0.2) is 4.39 Å². The van der Waals surface area contributed by atoms with Crippen LogP contribution in [0, 0.1) is 5.82 Å². The predicted octanol–water partition coefficient (Wildman–Crippen LogP) is 3.82. The summed E-state index contributed by atoms with van der Waals surface area (Å²) in [7, 11) is 1.58. The molecular formula is C16H15FO2. The number of hydrogen-bond acceptors (Lipinski definition) is 2. The average molecular weight is 258 g/mol. The molecule has 0 bridgehead atoms. The summed E-state index contributed by atoms with van der Waals surface area (Å²) in [4.78, 5) is 12.3. The number of halogens is 1. The number of benzene rings is 2. The minimum Gasteiger partial charge on any atom is -0.497 e. The molecule has 0 saturated heterocycles. The average Bonchev–Trinajstić information content (AvgIpc) is 2.46. The van der Waals surface area contributed by atoms with Gasteiger partial charge in [-0.3, -0.25) is 4.79 Å². The van der Waals surface area contributed by atoms with Crippen LogP contribution in [0.3, 0.4) is 0 Å². The maximum atomic E-state index is 12.9. The molecule has 0 aliphatic rings. The maximum absolute atomic E-state index is 12.9. The van der Waals surface area contributed by atoms with Gasteiger partial charge in [-0.1, -0.05) is 19.1 Å². The summed E-state index contributed by atoms with van der Waals surface area (Å²) in [6.07, 6.45) is 0. The standard InChI is InChI=1S/C16H15FO2/c1-11(12-3-7-14(17)8-4-12)16(18)13-5-9-15(19-2)10-6-13/h3-11H,1-2H3. The summed E-state index contributed by atoms with van der Waals surface area (Å²) in [5.41, 5.74) is 1.43. The highest BCUT2D eigenvalue weighted by molar-refractivity contribution is 6.00. The molecule has 0 saturated carbocycles. The first-order chi connectivity index (χ1) is 9.11. The molecule has 1 atom stereocenters. The monoisotopic (exact) mass is 258 g/mol. The molecule has 0 radical (unpaired) electrons. The minimum absolute atomic E-state index is 0.00858. The number of ketones is 1. The third-order valence-electron chi connectivity index (χ3n) is 3.14. The largest absolute Gasteiger partial charge is 0.497 e. The fraction of sp³-hybridized carbons (Fsp3) is 0.188. The van der Waals surface area contributed by atoms with Gasteiger partial charge in [0, 0.05) is 11.5 Å². The Bertz CT molecular complexity index is 558. The normalized spacial score (nSPS) is 11.9. The van der Waals surface area contributed by atoms with Crippen molar-refractivity contribution in [3.05, 3.63) is 65.5 Å². The number of rotatable bonds is 4. The molecule has 0 aliphatic carbocycles. The Kier molecular flexibility index (Phi) is 3.95. The van der Waals surface area contributed by atoms with Crippen LogP contribution in [-0.2, 0) is 0 Å². The van der Waals surface area contributed by atoms with Crippen LogP contribution in [0.25, 0.3) is 0 Å².